The van der Waals surface area contributed by atoms with E-state index < -0.39 is 15.4 Å². The highest BCUT2D eigenvalue weighted by Gasteiger charge is 2.13. The maximum Gasteiger partial charge on any atom is 0.221 e. The van der Waals surface area contributed by atoms with E-state index in [2.05, 4.69) is 5.32 Å². The molecule has 0 fully saturated rings. The van der Waals surface area contributed by atoms with Gasteiger partial charge in [0.05, 0.1) is 5.75 Å². The Bertz CT molecular complexity index is 290. The van der Waals surface area contributed by atoms with Gasteiger partial charge in [0.25, 0.3) is 0 Å². The van der Waals surface area contributed by atoms with Crippen LogP contribution in [-0.4, -0.2) is 38.4 Å². The van der Waals surface area contributed by atoms with Crippen molar-refractivity contribution in [1.29, 1.82) is 0 Å². The van der Waals surface area contributed by atoms with Gasteiger partial charge in [-0.05, 0) is 13.8 Å². The number of hydrogen-bond donors (Lipinski definition) is 2. The summed E-state index contributed by atoms with van der Waals surface area (Å²) in [6.45, 7) is 3.91. The first-order valence-electron chi connectivity index (χ1n) is 4.33. The van der Waals surface area contributed by atoms with E-state index in [0.717, 1.165) is 6.26 Å². The van der Waals surface area contributed by atoms with Crippen molar-refractivity contribution in [3.63, 3.8) is 0 Å². The van der Waals surface area contributed by atoms with E-state index in [1.807, 2.05) is 0 Å². The fraction of sp³-hybridized carbons (Fsp3) is 0.875. The summed E-state index contributed by atoms with van der Waals surface area (Å²) in [6, 6.07) is 0. The first-order valence-corrected chi connectivity index (χ1v) is 6.39. The standard InChI is InChI=1S/C8H18N2O3S/c1-8(2,9)6-10-7(11)4-5-14(3,12)13/h4-6,9H2,1-3H3,(H,10,11). The van der Waals surface area contributed by atoms with E-state index in [-0.39, 0.29) is 18.1 Å². The van der Waals surface area contributed by atoms with Crippen molar-refractivity contribution >= 4 is 15.7 Å². The second kappa shape index (κ2) is 4.75. The van der Waals surface area contributed by atoms with Gasteiger partial charge in [0, 0.05) is 24.8 Å². The van der Waals surface area contributed by atoms with Gasteiger partial charge in [-0.25, -0.2) is 8.42 Å². The van der Waals surface area contributed by atoms with Crippen molar-refractivity contribution in [2.75, 3.05) is 18.6 Å². The highest BCUT2D eigenvalue weighted by molar-refractivity contribution is 7.90. The predicted molar refractivity (Wildman–Crippen MR) is 55.6 cm³/mol. The van der Waals surface area contributed by atoms with E-state index in [1.54, 1.807) is 13.8 Å². The van der Waals surface area contributed by atoms with Crippen molar-refractivity contribution in [3.8, 4) is 0 Å². The molecule has 84 valence electrons. The second-order valence-corrected chi connectivity index (χ2v) is 6.40. The molecule has 3 N–H and O–H groups in total. The van der Waals surface area contributed by atoms with Crippen LogP contribution in [0.1, 0.15) is 20.3 Å². The Morgan fingerprint density at radius 3 is 2.29 bits per heavy atom. The van der Waals surface area contributed by atoms with E-state index in [4.69, 9.17) is 5.73 Å². The van der Waals surface area contributed by atoms with Gasteiger partial charge in [-0.3, -0.25) is 4.79 Å². The molecule has 0 aromatic carbocycles. The Labute approximate surface area is 85.0 Å². The van der Waals surface area contributed by atoms with Gasteiger partial charge in [0.1, 0.15) is 9.84 Å². The average Bonchev–Trinajstić information content (AvgIpc) is 1.94. The van der Waals surface area contributed by atoms with E-state index in [1.165, 1.54) is 0 Å². The smallest absolute Gasteiger partial charge is 0.221 e. The molecule has 0 aromatic rings. The Morgan fingerprint density at radius 1 is 1.43 bits per heavy atom. The van der Waals surface area contributed by atoms with Crippen molar-refractivity contribution in [2.24, 2.45) is 5.73 Å². The van der Waals surface area contributed by atoms with Crippen molar-refractivity contribution < 1.29 is 13.2 Å². The van der Waals surface area contributed by atoms with Crippen LogP contribution in [0.25, 0.3) is 0 Å². The third-order valence-electron chi connectivity index (χ3n) is 1.44. The lowest BCUT2D eigenvalue weighted by Crippen LogP contribution is -2.45. The quantitative estimate of drug-likeness (QED) is 0.642. The summed E-state index contributed by atoms with van der Waals surface area (Å²) in [6.07, 6.45) is 1.10. The summed E-state index contributed by atoms with van der Waals surface area (Å²) in [5.41, 5.74) is 5.16. The molecule has 0 radical (unpaired) electrons. The summed E-state index contributed by atoms with van der Waals surface area (Å²) >= 11 is 0. The molecular weight excluding hydrogens is 204 g/mol. The van der Waals surface area contributed by atoms with Crippen LogP contribution in [0.4, 0.5) is 0 Å². The molecule has 0 unspecified atom stereocenters. The molecule has 0 aliphatic rings. The summed E-state index contributed by atoms with van der Waals surface area (Å²) in [4.78, 5) is 11.1. The van der Waals surface area contributed by atoms with Crippen LogP contribution in [0, 0.1) is 0 Å². The number of carbonyl (C=O) groups excluding carboxylic acids is 1. The van der Waals surface area contributed by atoms with Crippen molar-refractivity contribution in [2.45, 2.75) is 25.8 Å². The highest BCUT2D eigenvalue weighted by atomic mass is 32.2. The molecule has 0 bridgehead atoms. The normalized spacial score (nSPS) is 12.6. The summed E-state index contributed by atoms with van der Waals surface area (Å²) in [5, 5.41) is 2.57. The zero-order valence-corrected chi connectivity index (χ0v) is 9.65. The maximum atomic E-state index is 11.1. The molecule has 0 saturated heterocycles. The van der Waals surface area contributed by atoms with Crippen LogP contribution in [0.3, 0.4) is 0 Å². The van der Waals surface area contributed by atoms with Gasteiger partial charge in [0.15, 0.2) is 0 Å². The lowest BCUT2D eigenvalue weighted by Gasteiger charge is -2.18. The predicted octanol–water partition coefficient (Wildman–Crippen LogP) is -0.725. The van der Waals surface area contributed by atoms with Gasteiger partial charge < -0.3 is 11.1 Å². The third kappa shape index (κ3) is 9.47. The lowest BCUT2D eigenvalue weighted by atomic mass is 10.1. The molecule has 0 aromatic heterocycles. The van der Waals surface area contributed by atoms with Crippen LogP contribution in [0.15, 0.2) is 0 Å². The molecule has 14 heavy (non-hydrogen) atoms. The maximum absolute atomic E-state index is 11.1. The lowest BCUT2D eigenvalue weighted by molar-refractivity contribution is -0.120. The Hall–Kier alpha value is -0.620. The van der Waals surface area contributed by atoms with Gasteiger partial charge in [0.2, 0.25) is 5.91 Å². The van der Waals surface area contributed by atoms with Crippen LogP contribution < -0.4 is 11.1 Å². The number of nitrogens with one attached hydrogen (secondary N) is 1. The third-order valence-corrected chi connectivity index (χ3v) is 2.39. The van der Waals surface area contributed by atoms with Gasteiger partial charge >= 0.3 is 0 Å². The minimum absolute atomic E-state index is 0.00505. The number of hydrogen-bond acceptors (Lipinski definition) is 4. The number of sulfone groups is 1. The molecule has 0 atom stereocenters. The number of carbonyl (C=O) groups is 1. The van der Waals surface area contributed by atoms with Crippen molar-refractivity contribution in [3.05, 3.63) is 0 Å². The average molecular weight is 222 g/mol. The fourth-order valence-corrected chi connectivity index (χ4v) is 1.25. The number of amides is 1. The molecule has 5 nitrogen and oxygen atoms in total. The van der Waals surface area contributed by atoms with Gasteiger partial charge in [-0.15, -0.1) is 0 Å². The zero-order chi connectivity index (χ0) is 11.4. The molecule has 0 aliphatic heterocycles. The minimum atomic E-state index is -3.07. The van der Waals surface area contributed by atoms with Crippen LogP contribution in [0.2, 0.25) is 0 Å². The van der Waals surface area contributed by atoms with E-state index in [9.17, 15) is 13.2 Å². The first kappa shape index (κ1) is 13.4. The summed E-state index contributed by atoms with van der Waals surface area (Å²) in [7, 11) is -3.07. The topological polar surface area (TPSA) is 89.3 Å². The largest absolute Gasteiger partial charge is 0.354 e. The van der Waals surface area contributed by atoms with E-state index in [0.29, 0.717) is 6.54 Å². The Morgan fingerprint density at radius 2 is 1.93 bits per heavy atom. The van der Waals surface area contributed by atoms with Crippen LogP contribution in [-0.2, 0) is 14.6 Å². The Balaban J connectivity index is 3.79. The highest BCUT2D eigenvalue weighted by Crippen LogP contribution is 1.94. The fourth-order valence-electron chi connectivity index (χ4n) is 0.693. The van der Waals surface area contributed by atoms with Gasteiger partial charge in [-0.2, -0.15) is 0 Å². The SMILES string of the molecule is CC(C)(N)CNC(=O)CCS(C)(=O)=O. The number of rotatable bonds is 5. The van der Waals surface area contributed by atoms with Crippen LogP contribution in [0.5, 0.6) is 0 Å². The molecule has 0 rings (SSSR count). The molecule has 6 heteroatoms. The molecule has 0 aliphatic carbocycles. The van der Waals surface area contributed by atoms with Gasteiger partial charge in [-0.1, -0.05) is 0 Å². The molecule has 0 heterocycles. The molecule has 1 amide bonds. The number of nitrogens with two attached hydrogens (primary N) is 1. The van der Waals surface area contributed by atoms with E-state index >= 15 is 0 Å². The molecule has 0 saturated carbocycles. The minimum Gasteiger partial charge on any atom is -0.354 e. The first-order chi connectivity index (χ1) is 6.10. The monoisotopic (exact) mass is 222 g/mol. The molecule has 0 spiro atoms. The second-order valence-electron chi connectivity index (χ2n) is 4.15. The van der Waals surface area contributed by atoms with Crippen LogP contribution >= 0.6 is 0 Å². The zero-order valence-electron chi connectivity index (χ0n) is 8.83. The summed E-state index contributed by atoms with van der Waals surface area (Å²) in [5.74, 6) is -0.405. The van der Waals surface area contributed by atoms with Crippen molar-refractivity contribution in [1.82, 2.24) is 5.32 Å². The summed E-state index contributed by atoms with van der Waals surface area (Å²) < 4.78 is 21.5. The molecular formula is C8H18N2O3S. The Kier molecular flexibility index (Phi) is 4.54.